The van der Waals surface area contributed by atoms with Crippen molar-refractivity contribution in [1.29, 1.82) is 0 Å². The van der Waals surface area contributed by atoms with Crippen LogP contribution in [0.2, 0.25) is 5.02 Å². The number of amides is 2. The van der Waals surface area contributed by atoms with Crippen molar-refractivity contribution in [1.82, 2.24) is 9.80 Å². The maximum absolute atomic E-state index is 14.0. The van der Waals surface area contributed by atoms with E-state index in [0.29, 0.717) is 23.7 Å². The minimum atomic E-state index is -0.436. The van der Waals surface area contributed by atoms with Crippen LogP contribution >= 0.6 is 11.6 Å². The number of halogens is 2. The number of hydrogen-bond donors (Lipinski definition) is 0. The van der Waals surface area contributed by atoms with E-state index in [2.05, 4.69) is 0 Å². The van der Waals surface area contributed by atoms with Gasteiger partial charge in [0.15, 0.2) is 0 Å². The predicted molar refractivity (Wildman–Crippen MR) is 103 cm³/mol. The highest BCUT2D eigenvalue weighted by atomic mass is 35.5. The summed E-state index contributed by atoms with van der Waals surface area (Å²) in [6.07, 6.45) is 0.955. The van der Waals surface area contributed by atoms with Crippen molar-refractivity contribution < 1.29 is 14.0 Å². The topological polar surface area (TPSA) is 40.6 Å². The Kier molecular flexibility index (Phi) is 6.11. The van der Waals surface area contributed by atoms with E-state index in [0.717, 1.165) is 12.0 Å². The average molecular weight is 389 g/mol. The fraction of sp³-hybridized carbons (Fsp3) is 0.333. The average Bonchev–Trinajstić information content (AvgIpc) is 3.04. The molecule has 0 aliphatic carbocycles. The Labute approximate surface area is 163 Å². The second kappa shape index (κ2) is 8.53. The molecule has 142 valence electrons. The molecule has 0 spiro atoms. The lowest BCUT2D eigenvalue weighted by Gasteiger charge is -2.22. The van der Waals surface area contributed by atoms with Crippen LogP contribution in [0.1, 0.15) is 17.5 Å². The molecule has 3 rings (SSSR count). The van der Waals surface area contributed by atoms with Gasteiger partial charge in [0.25, 0.3) is 0 Å². The molecule has 1 fully saturated rings. The second-order valence-corrected chi connectivity index (χ2v) is 7.28. The number of benzene rings is 2. The van der Waals surface area contributed by atoms with Crippen molar-refractivity contribution in [3.63, 3.8) is 0 Å². The minimum absolute atomic E-state index is 0.0124. The van der Waals surface area contributed by atoms with Crippen LogP contribution in [0, 0.1) is 11.7 Å². The predicted octanol–water partition coefficient (Wildman–Crippen LogP) is 3.53. The highest BCUT2D eigenvalue weighted by molar-refractivity contribution is 6.31. The molecule has 0 saturated carbocycles. The Morgan fingerprint density at radius 1 is 1.22 bits per heavy atom. The SMILES string of the molecule is CN(Cc1c(F)cccc1Cl)C(=O)[C@@H]1CC(=O)N(CCc2ccccc2)C1. The molecule has 4 nitrogen and oxygen atoms in total. The molecule has 2 aromatic rings. The van der Waals surface area contributed by atoms with Gasteiger partial charge in [0, 0.05) is 43.7 Å². The molecule has 0 radical (unpaired) electrons. The molecular weight excluding hydrogens is 367 g/mol. The summed E-state index contributed by atoms with van der Waals surface area (Å²) < 4.78 is 14.0. The summed E-state index contributed by atoms with van der Waals surface area (Å²) in [4.78, 5) is 28.2. The van der Waals surface area contributed by atoms with Crippen LogP contribution in [-0.4, -0.2) is 41.8 Å². The van der Waals surface area contributed by atoms with Gasteiger partial charge in [-0.2, -0.15) is 0 Å². The Morgan fingerprint density at radius 2 is 1.96 bits per heavy atom. The molecule has 0 unspecified atom stereocenters. The van der Waals surface area contributed by atoms with Gasteiger partial charge < -0.3 is 9.80 Å². The summed E-state index contributed by atoms with van der Waals surface area (Å²) in [6, 6.07) is 14.4. The molecule has 1 atom stereocenters. The van der Waals surface area contributed by atoms with Gasteiger partial charge in [0.2, 0.25) is 11.8 Å². The van der Waals surface area contributed by atoms with E-state index < -0.39 is 11.7 Å². The fourth-order valence-electron chi connectivity index (χ4n) is 3.37. The highest BCUT2D eigenvalue weighted by Gasteiger charge is 2.35. The molecular formula is C21H22ClFN2O2. The van der Waals surface area contributed by atoms with E-state index in [1.807, 2.05) is 30.3 Å². The minimum Gasteiger partial charge on any atom is -0.342 e. The Hall–Kier alpha value is -2.40. The second-order valence-electron chi connectivity index (χ2n) is 6.87. The molecule has 2 aromatic carbocycles. The van der Waals surface area contributed by atoms with E-state index in [-0.39, 0.29) is 24.8 Å². The summed E-state index contributed by atoms with van der Waals surface area (Å²) in [7, 11) is 1.61. The molecule has 1 saturated heterocycles. The quantitative estimate of drug-likeness (QED) is 0.759. The lowest BCUT2D eigenvalue weighted by Crippen LogP contribution is -2.35. The van der Waals surface area contributed by atoms with Gasteiger partial charge in [-0.1, -0.05) is 48.0 Å². The maximum Gasteiger partial charge on any atom is 0.228 e. The van der Waals surface area contributed by atoms with Gasteiger partial charge in [-0.05, 0) is 24.1 Å². The maximum atomic E-state index is 14.0. The fourth-order valence-corrected chi connectivity index (χ4v) is 3.60. The van der Waals surface area contributed by atoms with E-state index in [1.165, 1.54) is 17.0 Å². The van der Waals surface area contributed by atoms with Crippen molar-refractivity contribution in [3.05, 3.63) is 70.5 Å². The third-order valence-corrected chi connectivity index (χ3v) is 5.26. The summed E-state index contributed by atoms with van der Waals surface area (Å²) in [5, 5.41) is 0.293. The molecule has 1 aliphatic heterocycles. The van der Waals surface area contributed by atoms with Crippen molar-refractivity contribution in [2.45, 2.75) is 19.4 Å². The van der Waals surface area contributed by atoms with Gasteiger partial charge in [-0.15, -0.1) is 0 Å². The van der Waals surface area contributed by atoms with Gasteiger partial charge in [-0.25, -0.2) is 4.39 Å². The van der Waals surface area contributed by atoms with Gasteiger partial charge in [-0.3, -0.25) is 9.59 Å². The van der Waals surface area contributed by atoms with Gasteiger partial charge in [0.05, 0.1) is 5.92 Å². The lowest BCUT2D eigenvalue weighted by atomic mass is 10.1. The van der Waals surface area contributed by atoms with Crippen LogP contribution in [0.3, 0.4) is 0 Å². The summed E-state index contributed by atoms with van der Waals surface area (Å²) in [6.45, 7) is 1.08. The molecule has 6 heteroatoms. The molecule has 0 N–H and O–H groups in total. The first-order valence-corrected chi connectivity index (χ1v) is 9.33. The number of likely N-dealkylation sites (tertiary alicyclic amines) is 1. The molecule has 2 amide bonds. The number of rotatable bonds is 6. The van der Waals surface area contributed by atoms with Gasteiger partial charge >= 0.3 is 0 Å². The van der Waals surface area contributed by atoms with Crippen molar-refractivity contribution in [2.75, 3.05) is 20.1 Å². The van der Waals surface area contributed by atoms with Crippen LogP contribution in [-0.2, 0) is 22.6 Å². The first-order valence-electron chi connectivity index (χ1n) is 8.95. The van der Waals surface area contributed by atoms with Crippen LogP contribution in [0.15, 0.2) is 48.5 Å². The number of nitrogens with zero attached hydrogens (tertiary/aromatic N) is 2. The standard InChI is InChI=1S/C21H22ClFN2O2/c1-24(14-17-18(22)8-5-9-19(17)23)21(27)16-12-20(26)25(13-16)11-10-15-6-3-2-4-7-15/h2-9,16H,10-14H2,1H3/t16-/m1/s1. The zero-order valence-electron chi connectivity index (χ0n) is 15.2. The Morgan fingerprint density at radius 3 is 2.67 bits per heavy atom. The summed E-state index contributed by atoms with van der Waals surface area (Å²) >= 11 is 6.04. The summed E-state index contributed by atoms with van der Waals surface area (Å²) in [5.41, 5.74) is 1.45. The Bertz CT molecular complexity index is 808. The molecule has 27 heavy (non-hydrogen) atoms. The van der Waals surface area contributed by atoms with E-state index in [4.69, 9.17) is 11.6 Å². The van der Waals surface area contributed by atoms with E-state index >= 15 is 0 Å². The Balaban J connectivity index is 1.58. The normalized spacial score (nSPS) is 16.6. The monoisotopic (exact) mass is 388 g/mol. The van der Waals surface area contributed by atoms with Crippen LogP contribution in [0.25, 0.3) is 0 Å². The molecule has 1 heterocycles. The van der Waals surface area contributed by atoms with Crippen molar-refractivity contribution >= 4 is 23.4 Å². The molecule has 1 aliphatic rings. The third-order valence-electron chi connectivity index (χ3n) is 4.91. The van der Waals surface area contributed by atoms with E-state index in [1.54, 1.807) is 18.0 Å². The van der Waals surface area contributed by atoms with Crippen LogP contribution in [0.4, 0.5) is 4.39 Å². The van der Waals surface area contributed by atoms with Crippen molar-refractivity contribution in [2.24, 2.45) is 5.92 Å². The number of carbonyl (C=O) groups is 2. The van der Waals surface area contributed by atoms with Crippen LogP contribution in [0.5, 0.6) is 0 Å². The first-order chi connectivity index (χ1) is 13.0. The summed E-state index contributed by atoms with van der Waals surface area (Å²) in [5.74, 6) is -1.01. The zero-order valence-corrected chi connectivity index (χ0v) is 16.0. The number of carbonyl (C=O) groups excluding carboxylic acids is 2. The van der Waals surface area contributed by atoms with Crippen LogP contribution < -0.4 is 0 Å². The van der Waals surface area contributed by atoms with Crippen molar-refractivity contribution in [3.8, 4) is 0 Å². The zero-order chi connectivity index (χ0) is 19.4. The van der Waals surface area contributed by atoms with E-state index in [9.17, 15) is 14.0 Å². The first kappa shape index (κ1) is 19.4. The third kappa shape index (κ3) is 4.66. The highest BCUT2D eigenvalue weighted by Crippen LogP contribution is 2.24. The number of hydrogen-bond acceptors (Lipinski definition) is 2. The smallest absolute Gasteiger partial charge is 0.228 e. The lowest BCUT2D eigenvalue weighted by molar-refractivity contribution is -0.135. The largest absolute Gasteiger partial charge is 0.342 e. The van der Waals surface area contributed by atoms with Gasteiger partial charge in [0.1, 0.15) is 5.82 Å². The molecule has 0 bridgehead atoms. The molecule has 0 aromatic heterocycles.